The zero-order chi connectivity index (χ0) is 16.7. The number of rotatable bonds is 4. The monoisotopic (exact) mass is 326 g/mol. The quantitative estimate of drug-likeness (QED) is 0.930. The number of nitrogens with zero attached hydrogens (tertiary/aromatic N) is 4. The van der Waals surface area contributed by atoms with Crippen LogP contribution in [-0.2, 0) is 0 Å². The van der Waals surface area contributed by atoms with Crippen molar-refractivity contribution in [2.75, 3.05) is 25.0 Å². The number of carboxylic acid groups (broad SMARTS) is 1. The zero-order valence-corrected chi connectivity index (χ0v) is 13.9. The molecule has 6 nitrogen and oxygen atoms in total. The minimum Gasteiger partial charge on any atom is -0.478 e. The van der Waals surface area contributed by atoms with Crippen molar-refractivity contribution in [3.8, 4) is 0 Å². The summed E-state index contributed by atoms with van der Waals surface area (Å²) in [4.78, 5) is 24.6. The van der Waals surface area contributed by atoms with Gasteiger partial charge in [-0.15, -0.1) is 0 Å². The van der Waals surface area contributed by atoms with Crippen molar-refractivity contribution in [3.63, 3.8) is 0 Å². The summed E-state index contributed by atoms with van der Waals surface area (Å²) in [6, 6.07) is 5.02. The molecule has 1 N–H and O–H groups in total. The van der Waals surface area contributed by atoms with Crippen LogP contribution in [0.25, 0.3) is 10.9 Å². The van der Waals surface area contributed by atoms with Crippen molar-refractivity contribution in [1.29, 1.82) is 0 Å². The van der Waals surface area contributed by atoms with Gasteiger partial charge in [0.2, 0.25) is 0 Å². The Morgan fingerprint density at radius 3 is 2.58 bits per heavy atom. The van der Waals surface area contributed by atoms with Crippen molar-refractivity contribution >= 4 is 22.6 Å². The molecule has 1 saturated carbocycles. The average Bonchev–Trinajstić information content (AvgIpc) is 3.45. The number of fused-ring (bicyclic) bond motifs is 1. The van der Waals surface area contributed by atoms with Crippen molar-refractivity contribution in [2.24, 2.45) is 0 Å². The molecule has 2 heterocycles. The average molecular weight is 326 g/mol. The minimum absolute atomic E-state index is 0.236. The molecule has 4 rings (SSSR count). The van der Waals surface area contributed by atoms with E-state index in [4.69, 9.17) is 0 Å². The molecule has 2 aliphatic rings. The molecule has 1 aliphatic carbocycles. The lowest BCUT2D eigenvalue weighted by Gasteiger charge is -2.38. The van der Waals surface area contributed by atoms with Crippen LogP contribution in [0.15, 0.2) is 24.7 Å². The van der Waals surface area contributed by atoms with Crippen LogP contribution in [0.4, 0.5) is 5.69 Å². The maximum atomic E-state index is 11.4. The third-order valence-corrected chi connectivity index (χ3v) is 5.39. The first kappa shape index (κ1) is 15.3. The number of aromatic nitrogens is 2. The Balaban J connectivity index is 1.59. The van der Waals surface area contributed by atoms with Gasteiger partial charge in [0, 0.05) is 42.4 Å². The Morgan fingerprint density at radius 2 is 1.92 bits per heavy atom. The van der Waals surface area contributed by atoms with E-state index in [1.54, 1.807) is 12.3 Å². The van der Waals surface area contributed by atoms with Crippen molar-refractivity contribution < 1.29 is 9.90 Å². The second-order valence-electron chi connectivity index (χ2n) is 6.84. The predicted octanol–water partition coefficient (Wildman–Crippen LogP) is 2.39. The summed E-state index contributed by atoms with van der Waals surface area (Å²) in [5.41, 5.74) is 1.80. The molecule has 2 fully saturated rings. The normalized spacial score (nSPS) is 19.2. The molecule has 1 aromatic carbocycles. The smallest absolute Gasteiger partial charge is 0.337 e. The highest BCUT2D eigenvalue weighted by Crippen LogP contribution is 2.33. The van der Waals surface area contributed by atoms with Crippen LogP contribution >= 0.6 is 0 Å². The summed E-state index contributed by atoms with van der Waals surface area (Å²) in [6.45, 7) is 1.97. The summed E-state index contributed by atoms with van der Waals surface area (Å²) in [5, 5.41) is 10.2. The first-order valence-corrected chi connectivity index (χ1v) is 8.58. The number of benzene rings is 1. The van der Waals surface area contributed by atoms with E-state index in [2.05, 4.69) is 26.8 Å². The van der Waals surface area contributed by atoms with E-state index < -0.39 is 5.97 Å². The van der Waals surface area contributed by atoms with Gasteiger partial charge in [-0.1, -0.05) is 0 Å². The lowest BCUT2D eigenvalue weighted by Crippen LogP contribution is -2.44. The van der Waals surface area contributed by atoms with E-state index in [1.165, 1.54) is 19.2 Å². The van der Waals surface area contributed by atoms with Crippen molar-refractivity contribution in [2.45, 2.75) is 37.8 Å². The van der Waals surface area contributed by atoms with Crippen LogP contribution in [0.5, 0.6) is 0 Å². The summed E-state index contributed by atoms with van der Waals surface area (Å²) in [7, 11) is 2.25. The van der Waals surface area contributed by atoms with Gasteiger partial charge < -0.3 is 14.9 Å². The highest BCUT2D eigenvalue weighted by atomic mass is 16.4. The van der Waals surface area contributed by atoms with Crippen molar-refractivity contribution in [1.82, 2.24) is 14.9 Å². The van der Waals surface area contributed by atoms with Crippen LogP contribution in [0.3, 0.4) is 0 Å². The largest absolute Gasteiger partial charge is 0.478 e. The second kappa shape index (κ2) is 6.02. The van der Waals surface area contributed by atoms with Crippen LogP contribution in [-0.4, -0.2) is 58.2 Å². The van der Waals surface area contributed by atoms with E-state index in [0.717, 1.165) is 43.0 Å². The SMILES string of the molecule is CN(C1CC1)C1CCN(c2ccc(C(=O)O)c3ncncc23)CC1. The Bertz CT molecular complexity index is 767. The Labute approximate surface area is 141 Å². The van der Waals surface area contributed by atoms with Crippen molar-refractivity contribution in [3.05, 3.63) is 30.2 Å². The van der Waals surface area contributed by atoms with E-state index in [-0.39, 0.29) is 5.56 Å². The van der Waals surface area contributed by atoms with Crippen LogP contribution in [0.1, 0.15) is 36.0 Å². The standard InChI is InChI=1S/C18H22N4O2/c1-21(12-2-3-12)13-6-8-22(9-7-13)16-5-4-14(18(23)24)17-15(16)10-19-11-20-17/h4-5,10-13H,2-3,6-9H2,1H3,(H,23,24). The topological polar surface area (TPSA) is 69.6 Å². The summed E-state index contributed by atoms with van der Waals surface area (Å²) in [6.07, 6.45) is 8.11. The fourth-order valence-corrected chi connectivity index (χ4v) is 3.80. The molecule has 0 bridgehead atoms. The maximum Gasteiger partial charge on any atom is 0.337 e. The third-order valence-electron chi connectivity index (χ3n) is 5.39. The molecule has 6 heteroatoms. The van der Waals surface area contributed by atoms with Gasteiger partial charge in [0.05, 0.1) is 11.1 Å². The number of anilines is 1. The molecule has 1 aliphatic heterocycles. The highest BCUT2D eigenvalue weighted by molar-refractivity contribution is 6.05. The third kappa shape index (κ3) is 2.71. The maximum absolute atomic E-state index is 11.4. The van der Waals surface area contributed by atoms with Crippen LogP contribution in [0.2, 0.25) is 0 Å². The van der Waals surface area contributed by atoms with Crippen LogP contribution < -0.4 is 4.90 Å². The number of aromatic carboxylic acids is 1. The number of carbonyl (C=O) groups is 1. The van der Waals surface area contributed by atoms with E-state index >= 15 is 0 Å². The summed E-state index contributed by atoms with van der Waals surface area (Å²) < 4.78 is 0. The molecule has 0 unspecified atom stereocenters. The molecule has 1 aromatic heterocycles. The molecule has 0 amide bonds. The van der Waals surface area contributed by atoms with Gasteiger partial charge in [-0.25, -0.2) is 14.8 Å². The molecule has 0 spiro atoms. The molecule has 2 aromatic rings. The second-order valence-corrected chi connectivity index (χ2v) is 6.84. The highest BCUT2D eigenvalue weighted by Gasteiger charge is 2.33. The van der Waals surface area contributed by atoms with Gasteiger partial charge in [-0.3, -0.25) is 0 Å². The first-order valence-electron chi connectivity index (χ1n) is 8.58. The Kier molecular flexibility index (Phi) is 3.84. The van der Waals surface area contributed by atoms with E-state index in [1.807, 2.05) is 6.07 Å². The molecule has 1 saturated heterocycles. The zero-order valence-electron chi connectivity index (χ0n) is 13.9. The van der Waals surface area contributed by atoms with Gasteiger partial charge in [0.25, 0.3) is 0 Å². The number of hydrogen-bond donors (Lipinski definition) is 1. The fraction of sp³-hybridized carbons (Fsp3) is 0.500. The fourth-order valence-electron chi connectivity index (χ4n) is 3.80. The molecule has 126 valence electrons. The number of hydrogen-bond acceptors (Lipinski definition) is 5. The molecular weight excluding hydrogens is 304 g/mol. The Hall–Kier alpha value is -2.21. The number of carboxylic acids is 1. The molecular formula is C18H22N4O2. The van der Waals surface area contributed by atoms with E-state index in [9.17, 15) is 9.90 Å². The van der Waals surface area contributed by atoms with E-state index in [0.29, 0.717) is 11.6 Å². The summed E-state index contributed by atoms with van der Waals surface area (Å²) in [5.74, 6) is -0.949. The predicted molar refractivity (Wildman–Crippen MR) is 92.5 cm³/mol. The number of piperidine rings is 1. The minimum atomic E-state index is -0.949. The van der Waals surface area contributed by atoms with Gasteiger partial charge >= 0.3 is 5.97 Å². The van der Waals surface area contributed by atoms with Crippen LogP contribution in [0, 0.1) is 0 Å². The first-order chi connectivity index (χ1) is 11.6. The lowest BCUT2D eigenvalue weighted by molar-refractivity contribution is 0.0699. The lowest BCUT2D eigenvalue weighted by atomic mass is 10.0. The van der Waals surface area contributed by atoms with Gasteiger partial charge in [0.1, 0.15) is 6.33 Å². The molecule has 24 heavy (non-hydrogen) atoms. The van der Waals surface area contributed by atoms with Gasteiger partial charge in [-0.05, 0) is 44.9 Å². The summed E-state index contributed by atoms with van der Waals surface area (Å²) >= 11 is 0. The van der Waals surface area contributed by atoms with Gasteiger partial charge in [-0.2, -0.15) is 0 Å². The molecule has 0 radical (unpaired) electrons. The molecule has 0 atom stereocenters. The Morgan fingerprint density at radius 1 is 1.21 bits per heavy atom. The van der Waals surface area contributed by atoms with Gasteiger partial charge in [0.15, 0.2) is 0 Å².